The van der Waals surface area contributed by atoms with Gasteiger partial charge in [-0.1, -0.05) is 0 Å². The molecule has 4 rings (SSSR count). The third-order valence-electron chi connectivity index (χ3n) is 6.12. The van der Waals surface area contributed by atoms with E-state index in [2.05, 4.69) is 5.48 Å². The molecule has 7 nitrogen and oxygen atoms in total. The zero-order valence-electron chi connectivity index (χ0n) is 17.1. The molecule has 0 radical (unpaired) electrons. The standard InChI is InChI=1S/C22H30N2O5/c1-22(21(26)24-10-9-15(13-24)14-25)12-18(23-29-22)16-7-8-19(27-2)20(11-16)28-17-5-3-4-6-17/h7-8,11-12,15,17,23,25H,3-6,9-10,13-14H2,1-2H3. The van der Waals surface area contributed by atoms with Crippen LogP contribution in [0.4, 0.5) is 0 Å². The van der Waals surface area contributed by atoms with Gasteiger partial charge in [0.05, 0.1) is 18.9 Å². The van der Waals surface area contributed by atoms with Crippen LogP contribution in [0, 0.1) is 5.92 Å². The van der Waals surface area contributed by atoms with Crippen LogP contribution in [0.25, 0.3) is 5.70 Å². The Kier molecular flexibility index (Phi) is 5.69. The third-order valence-corrected chi connectivity index (χ3v) is 6.12. The molecule has 0 bridgehead atoms. The summed E-state index contributed by atoms with van der Waals surface area (Å²) in [4.78, 5) is 20.5. The van der Waals surface area contributed by atoms with E-state index in [0.29, 0.717) is 24.6 Å². The molecule has 1 saturated carbocycles. The number of hydroxylamine groups is 1. The summed E-state index contributed by atoms with van der Waals surface area (Å²) in [5.74, 6) is 1.47. The topological polar surface area (TPSA) is 80.3 Å². The second-order valence-corrected chi connectivity index (χ2v) is 8.35. The van der Waals surface area contributed by atoms with Crippen LogP contribution in [0.15, 0.2) is 24.3 Å². The highest BCUT2D eigenvalue weighted by Gasteiger charge is 2.43. The molecule has 1 aromatic carbocycles. The van der Waals surface area contributed by atoms with E-state index in [-0.39, 0.29) is 24.5 Å². The van der Waals surface area contributed by atoms with E-state index in [9.17, 15) is 9.90 Å². The van der Waals surface area contributed by atoms with Crippen LogP contribution in [-0.4, -0.2) is 54.4 Å². The summed E-state index contributed by atoms with van der Waals surface area (Å²) >= 11 is 0. The lowest BCUT2D eigenvalue weighted by Crippen LogP contribution is -2.46. The number of nitrogens with one attached hydrogen (secondary N) is 1. The Balaban J connectivity index is 1.53. The molecule has 2 unspecified atom stereocenters. The molecular formula is C22H30N2O5. The first-order valence-electron chi connectivity index (χ1n) is 10.4. The van der Waals surface area contributed by atoms with Crippen molar-refractivity contribution < 1.29 is 24.2 Å². The van der Waals surface area contributed by atoms with Gasteiger partial charge < -0.3 is 19.5 Å². The molecule has 7 heteroatoms. The molecule has 2 atom stereocenters. The van der Waals surface area contributed by atoms with Gasteiger partial charge in [0, 0.05) is 31.2 Å². The number of likely N-dealkylation sites (tertiary alicyclic amines) is 1. The lowest BCUT2D eigenvalue weighted by Gasteiger charge is -2.26. The molecule has 2 aliphatic heterocycles. The molecule has 1 saturated heterocycles. The van der Waals surface area contributed by atoms with Crippen LogP contribution < -0.4 is 15.0 Å². The van der Waals surface area contributed by atoms with Gasteiger partial charge in [0.1, 0.15) is 0 Å². The monoisotopic (exact) mass is 402 g/mol. The Labute approximate surface area is 171 Å². The number of amides is 1. The predicted octanol–water partition coefficient (Wildman–Crippen LogP) is 2.49. The van der Waals surface area contributed by atoms with Crippen LogP contribution in [0.5, 0.6) is 11.5 Å². The molecule has 2 heterocycles. The predicted molar refractivity (Wildman–Crippen MR) is 108 cm³/mol. The van der Waals surface area contributed by atoms with E-state index in [1.54, 1.807) is 18.9 Å². The molecule has 2 fully saturated rings. The molecule has 3 aliphatic rings. The number of carbonyl (C=O) groups excluding carboxylic acids is 1. The number of rotatable bonds is 6. The second-order valence-electron chi connectivity index (χ2n) is 8.35. The number of nitrogens with zero attached hydrogens (tertiary/aromatic N) is 1. The SMILES string of the molecule is COc1ccc(C2=CC(C)(C(=O)N3CCC(CO)C3)ON2)cc1OC1CCCC1. The first-order valence-corrected chi connectivity index (χ1v) is 10.4. The fraction of sp³-hybridized carbons (Fsp3) is 0.591. The maximum Gasteiger partial charge on any atom is 0.261 e. The van der Waals surface area contributed by atoms with Crippen LogP contribution in [0.1, 0.15) is 44.6 Å². The van der Waals surface area contributed by atoms with E-state index in [1.165, 1.54) is 12.8 Å². The average Bonchev–Trinajstić information content (AvgIpc) is 3.49. The molecule has 2 N–H and O–H groups in total. The van der Waals surface area contributed by atoms with E-state index >= 15 is 0 Å². The number of methoxy groups -OCH3 is 1. The molecular weight excluding hydrogens is 372 g/mol. The smallest absolute Gasteiger partial charge is 0.261 e. The van der Waals surface area contributed by atoms with Crippen molar-refractivity contribution in [3.05, 3.63) is 29.8 Å². The van der Waals surface area contributed by atoms with Crippen molar-refractivity contribution in [3.63, 3.8) is 0 Å². The van der Waals surface area contributed by atoms with Crippen molar-refractivity contribution in [3.8, 4) is 11.5 Å². The van der Waals surface area contributed by atoms with Crippen molar-refractivity contribution >= 4 is 11.6 Å². The van der Waals surface area contributed by atoms with Crippen molar-refractivity contribution in [2.45, 2.75) is 50.7 Å². The van der Waals surface area contributed by atoms with Gasteiger partial charge in [0.25, 0.3) is 5.91 Å². The first-order chi connectivity index (χ1) is 14.0. The van der Waals surface area contributed by atoms with Gasteiger partial charge in [-0.3, -0.25) is 15.1 Å². The molecule has 1 amide bonds. The fourth-order valence-electron chi connectivity index (χ4n) is 4.35. The van der Waals surface area contributed by atoms with Gasteiger partial charge in [-0.15, -0.1) is 0 Å². The minimum absolute atomic E-state index is 0.0908. The zero-order valence-corrected chi connectivity index (χ0v) is 17.1. The Hall–Kier alpha value is -2.25. The maximum absolute atomic E-state index is 13.0. The first kappa shape index (κ1) is 20.0. The summed E-state index contributed by atoms with van der Waals surface area (Å²) in [5, 5.41) is 9.34. The van der Waals surface area contributed by atoms with Crippen molar-refractivity contribution in [2.75, 3.05) is 26.8 Å². The molecule has 29 heavy (non-hydrogen) atoms. The van der Waals surface area contributed by atoms with E-state index in [1.807, 2.05) is 24.3 Å². The van der Waals surface area contributed by atoms with E-state index < -0.39 is 5.60 Å². The van der Waals surface area contributed by atoms with Gasteiger partial charge >= 0.3 is 0 Å². The Bertz CT molecular complexity index is 789. The normalized spacial score (nSPS) is 27.1. The quantitative estimate of drug-likeness (QED) is 0.761. The zero-order chi connectivity index (χ0) is 20.4. The maximum atomic E-state index is 13.0. The Morgan fingerprint density at radius 1 is 1.31 bits per heavy atom. The summed E-state index contributed by atoms with van der Waals surface area (Å²) in [6, 6.07) is 5.75. The Morgan fingerprint density at radius 3 is 2.79 bits per heavy atom. The number of hydrogen-bond donors (Lipinski definition) is 2. The molecule has 1 aliphatic carbocycles. The van der Waals surface area contributed by atoms with Crippen molar-refractivity contribution in [1.82, 2.24) is 10.4 Å². The number of hydrogen-bond acceptors (Lipinski definition) is 6. The highest BCUT2D eigenvalue weighted by molar-refractivity contribution is 5.90. The van der Waals surface area contributed by atoms with Crippen LogP contribution >= 0.6 is 0 Å². The Morgan fingerprint density at radius 2 is 2.10 bits per heavy atom. The van der Waals surface area contributed by atoms with E-state index in [4.69, 9.17) is 14.3 Å². The summed E-state index contributed by atoms with van der Waals surface area (Å²) in [5.41, 5.74) is 3.46. The number of benzene rings is 1. The highest BCUT2D eigenvalue weighted by atomic mass is 16.7. The number of aliphatic hydroxyl groups excluding tert-OH is 1. The number of aliphatic hydroxyl groups is 1. The number of carbonyl (C=O) groups is 1. The van der Waals surface area contributed by atoms with Gasteiger partial charge in [-0.05, 0) is 63.3 Å². The van der Waals surface area contributed by atoms with E-state index in [0.717, 1.165) is 30.5 Å². The third kappa shape index (κ3) is 4.07. The van der Waals surface area contributed by atoms with Gasteiger partial charge in [0.15, 0.2) is 17.1 Å². The number of ether oxygens (including phenoxy) is 2. The summed E-state index contributed by atoms with van der Waals surface area (Å²) in [6.45, 7) is 3.09. The largest absolute Gasteiger partial charge is 0.493 e. The van der Waals surface area contributed by atoms with Crippen LogP contribution in [-0.2, 0) is 9.63 Å². The average molecular weight is 402 g/mol. The summed E-state index contributed by atoms with van der Waals surface area (Å²) in [7, 11) is 1.64. The minimum Gasteiger partial charge on any atom is -0.493 e. The van der Waals surface area contributed by atoms with Gasteiger partial charge in [0.2, 0.25) is 0 Å². The lowest BCUT2D eigenvalue weighted by atomic mass is 10.0. The second kappa shape index (κ2) is 8.24. The molecule has 0 spiro atoms. The molecule has 0 aromatic heterocycles. The summed E-state index contributed by atoms with van der Waals surface area (Å²) in [6.07, 6.45) is 7.39. The van der Waals surface area contributed by atoms with Crippen molar-refractivity contribution in [2.24, 2.45) is 5.92 Å². The highest BCUT2D eigenvalue weighted by Crippen LogP contribution is 2.36. The van der Waals surface area contributed by atoms with Gasteiger partial charge in [-0.2, -0.15) is 0 Å². The molecule has 158 valence electrons. The van der Waals surface area contributed by atoms with Crippen molar-refractivity contribution in [1.29, 1.82) is 0 Å². The molecule has 1 aromatic rings. The van der Waals surface area contributed by atoms with Crippen LogP contribution in [0.2, 0.25) is 0 Å². The van der Waals surface area contributed by atoms with Gasteiger partial charge in [-0.25, -0.2) is 0 Å². The fourth-order valence-corrected chi connectivity index (χ4v) is 4.35. The minimum atomic E-state index is -1.08. The summed E-state index contributed by atoms with van der Waals surface area (Å²) < 4.78 is 11.6. The van der Waals surface area contributed by atoms with Crippen LogP contribution in [0.3, 0.4) is 0 Å². The lowest BCUT2D eigenvalue weighted by molar-refractivity contribution is -0.151.